The van der Waals surface area contributed by atoms with E-state index in [1.807, 2.05) is 0 Å². The quantitative estimate of drug-likeness (QED) is 0.808. The molecule has 96 valence electrons. The predicted molar refractivity (Wildman–Crippen MR) is 68.3 cm³/mol. The molecule has 0 spiro atoms. The third kappa shape index (κ3) is 3.45. The molecule has 0 aromatic heterocycles. The van der Waals surface area contributed by atoms with Gasteiger partial charge in [0.05, 0.1) is 10.5 Å². The van der Waals surface area contributed by atoms with Gasteiger partial charge in [0.2, 0.25) is 0 Å². The van der Waals surface area contributed by atoms with Crippen molar-refractivity contribution in [1.82, 2.24) is 5.32 Å². The van der Waals surface area contributed by atoms with E-state index in [4.69, 9.17) is 0 Å². The molecule has 1 aliphatic carbocycles. The fourth-order valence-electron chi connectivity index (χ4n) is 1.83. The fraction of sp³-hybridized carbons (Fsp3) is 1.00. The normalized spacial score (nSPS) is 20.5. The minimum absolute atomic E-state index is 0.244. The summed E-state index contributed by atoms with van der Waals surface area (Å²) in [6, 6.07) is 0.462. The third-order valence-electron chi connectivity index (χ3n) is 3.63. The predicted octanol–water partition coefficient (Wildman–Crippen LogP) is 1.98. The van der Waals surface area contributed by atoms with Crippen LogP contribution in [-0.2, 0) is 9.84 Å². The Labute approximate surface area is 99.9 Å². The lowest BCUT2D eigenvalue weighted by Gasteiger charge is -2.32. The molecule has 16 heavy (non-hydrogen) atoms. The van der Waals surface area contributed by atoms with Crippen LogP contribution in [0, 0.1) is 5.92 Å². The zero-order valence-corrected chi connectivity index (χ0v) is 11.7. The molecule has 4 heteroatoms. The number of sulfone groups is 1. The van der Waals surface area contributed by atoms with Crippen LogP contribution in [0.1, 0.15) is 47.0 Å². The van der Waals surface area contributed by atoms with Gasteiger partial charge in [-0.2, -0.15) is 0 Å². The maximum Gasteiger partial charge on any atom is 0.156 e. The first kappa shape index (κ1) is 14.0. The summed E-state index contributed by atoms with van der Waals surface area (Å²) in [5.74, 6) is 1.01. The highest BCUT2D eigenvalue weighted by molar-refractivity contribution is 7.92. The highest BCUT2D eigenvalue weighted by Crippen LogP contribution is 2.29. The maximum atomic E-state index is 11.8. The molecule has 0 aliphatic heterocycles. The Balaban J connectivity index is 2.29. The van der Waals surface area contributed by atoms with Crippen molar-refractivity contribution >= 4 is 9.84 Å². The lowest BCUT2D eigenvalue weighted by Crippen LogP contribution is -2.41. The van der Waals surface area contributed by atoms with Crippen molar-refractivity contribution in [3.63, 3.8) is 0 Å². The lowest BCUT2D eigenvalue weighted by molar-refractivity contribution is 0.243. The van der Waals surface area contributed by atoms with Gasteiger partial charge in [-0.15, -0.1) is 0 Å². The molecule has 0 aromatic rings. The first-order chi connectivity index (χ1) is 7.24. The van der Waals surface area contributed by atoms with Gasteiger partial charge in [-0.1, -0.05) is 6.42 Å². The van der Waals surface area contributed by atoms with Gasteiger partial charge >= 0.3 is 0 Å². The Bertz CT molecular complexity index is 312. The van der Waals surface area contributed by atoms with Crippen LogP contribution >= 0.6 is 0 Å². The van der Waals surface area contributed by atoms with Crippen molar-refractivity contribution in [3.8, 4) is 0 Å². The summed E-state index contributed by atoms with van der Waals surface area (Å²) in [6.45, 7) is 8.03. The molecule has 1 aliphatic rings. The van der Waals surface area contributed by atoms with Gasteiger partial charge in [0.1, 0.15) is 0 Å². The SMILES string of the molecule is C[C@H](NCCS(=O)(=O)C(C)(C)C)C1CCC1. The maximum absolute atomic E-state index is 11.8. The molecule has 0 saturated heterocycles. The van der Waals surface area contributed by atoms with Gasteiger partial charge in [0.25, 0.3) is 0 Å². The Morgan fingerprint density at radius 3 is 2.25 bits per heavy atom. The number of nitrogens with one attached hydrogen (secondary N) is 1. The zero-order valence-electron chi connectivity index (χ0n) is 10.9. The molecule has 1 rings (SSSR count). The molecule has 0 unspecified atom stereocenters. The molecule has 0 heterocycles. The summed E-state index contributed by atoms with van der Waals surface area (Å²) < 4.78 is 23.1. The molecule has 3 nitrogen and oxygen atoms in total. The van der Waals surface area contributed by atoms with E-state index in [1.165, 1.54) is 19.3 Å². The summed E-state index contributed by atoms with van der Waals surface area (Å²) in [6.07, 6.45) is 3.91. The molecular formula is C12H25NO2S. The summed E-state index contributed by atoms with van der Waals surface area (Å²) in [5, 5.41) is 3.33. The monoisotopic (exact) mass is 247 g/mol. The van der Waals surface area contributed by atoms with E-state index in [-0.39, 0.29) is 5.75 Å². The first-order valence-electron chi connectivity index (χ1n) is 6.20. The molecule has 1 fully saturated rings. The van der Waals surface area contributed by atoms with E-state index in [0.717, 1.165) is 5.92 Å². The van der Waals surface area contributed by atoms with Gasteiger partial charge in [-0.3, -0.25) is 0 Å². The Morgan fingerprint density at radius 2 is 1.88 bits per heavy atom. The Hall–Kier alpha value is -0.0900. The largest absolute Gasteiger partial charge is 0.313 e. The molecule has 0 radical (unpaired) electrons. The van der Waals surface area contributed by atoms with Crippen LogP contribution in [0.2, 0.25) is 0 Å². The second-order valence-corrected chi connectivity index (χ2v) is 8.73. The molecule has 1 N–H and O–H groups in total. The zero-order chi connectivity index (χ0) is 12.4. The average molecular weight is 247 g/mol. The van der Waals surface area contributed by atoms with E-state index in [1.54, 1.807) is 20.8 Å². The number of hydrogen-bond acceptors (Lipinski definition) is 3. The van der Waals surface area contributed by atoms with Crippen LogP contribution in [0.25, 0.3) is 0 Å². The first-order valence-corrected chi connectivity index (χ1v) is 7.85. The molecule has 1 atom stereocenters. The van der Waals surface area contributed by atoms with Crippen LogP contribution in [0.4, 0.5) is 0 Å². The fourth-order valence-corrected chi connectivity index (χ4v) is 2.83. The van der Waals surface area contributed by atoms with E-state index in [2.05, 4.69) is 12.2 Å². The van der Waals surface area contributed by atoms with Crippen molar-refractivity contribution in [2.75, 3.05) is 12.3 Å². The Morgan fingerprint density at radius 1 is 1.31 bits per heavy atom. The molecule has 0 amide bonds. The standard InChI is InChI=1S/C12H25NO2S/c1-10(11-6-5-7-11)13-8-9-16(14,15)12(2,3)4/h10-11,13H,5-9H2,1-4H3/t10-/m0/s1. The Kier molecular flexibility index (Phi) is 4.41. The average Bonchev–Trinajstić information content (AvgIpc) is 1.97. The molecule has 0 bridgehead atoms. The van der Waals surface area contributed by atoms with Gasteiger partial charge in [0.15, 0.2) is 9.84 Å². The van der Waals surface area contributed by atoms with Gasteiger partial charge in [0, 0.05) is 12.6 Å². The van der Waals surface area contributed by atoms with Crippen molar-refractivity contribution in [2.45, 2.75) is 57.7 Å². The molecule has 1 saturated carbocycles. The van der Waals surface area contributed by atoms with Crippen molar-refractivity contribution in [2.24, 2.45) is 5.92 Å². The van der Waals surface area contributed by atoms with Gasteiger partial charge < -0.3 is 5.32 Å². The highest BCUT2D eigenvalue weighted by Gasteiger charge is 2.29. The van der Waals surface area contributed by atoms with Crippen LogP contribution in [0.5, 0.6) is 0 Å². The van der Waals surface area contributed by atoms with Crippen LogP contribution < -0.4 is 5.32 Å². The van der Waals surface area contributed by atoms with Gasteiger partial charge in [-0.25, -0.2) is 8.42 Å². The third-order valence-corrected chi connectivity index (χ3v) is 6.23. The number of hydrogen-bond donors (Lipinski definition) is 1. The lowest BCUT2D eigenvalue weighted by atomic mass is 9.80. The van der Waals surface area contributed by atoms with E-state index in [0.29, 0.717) is 12.6 Å². The van der Waals surface area contributed by atoms with Crippen molar-refractivity contribution in [1.29, 1.82) is 0 Å². The molecular weight excluding hydrogens is 222 g/mol. The van der Waals surface area contributed by atoms with Crippen LogP contribution in [0.3, 0.4) is 0 Å². The van der Waals surface area contributed by atoms with Crippen molar-refractivity contribution < 1.29 is 8.42 Å². The second kappa shape index (κ2) is 5.05. The van der Waals surface area contributed by atoms with E-state index >= 15 is 0 Å². The van der Waals surface area contributed by atoms with Crippen LogP contribution in [0.15, 0.2) is 0 Å². The molecule has 0 aromatic carbocycles. The summed E-state index contributed by atoms with van der Waals surface area (Å²) in [7, 11) is -2.97. The summed E-state index contributed by atoms with van der Waals surface area (Å²) >= 11 is 0. The summed E-state index contributed by atoms with van der Waals surface area (Å²) in [4.78, 5) is 0. The topological polar surface area (TPSA) is 46.2 Å². The van der Waals surface area contributed by atoms with Crippen molar-refractivity contribution in [3.05, 3.63) is 0 Å². The second-order valence-electron chi connectivity index (χ2n) is 5.87. The minimum atomic E-state index is -2.97. The summed E-state index contributed by atoms with van der Waals surface area (Å²) in [5.41, 5.74) is 0. The highest BCUT2D eigenvalue weighted by atomic mass is 32.2. The van der Waals surface area contributed by atoms with Crippen LogP contribution in [-0.4, -0.2) is 31.5 Å². The minimum Gasteiger partial charge on any atom is -0.313 e. The van der Waals surface area contributed by atoms with Gasteiger partial charge in [-0.05, 0) is 46.5 Å². The van der Waals surface area contributed by atoms with E-state index in [9.17, 15) is 8.42 Å². The number of rotatable bonds is 5. The smallest absolute Gasteiger partial charge is 0.156 e. The van der Waals surface area contributed by atoms with E-state index < -0.39 is 14.6 Å².